The van der Waals surface area contributed by atoms with E-state index < -0.39 is 5.91 Å². The van der Waals surface area contributed by atoms with E-state index >= 15 is 0 Å². The maximum Gasteiger partial charge on any atom is 0.261 e. The molecule has 5 rings (SSSR count). The summed E-state index contributed by atoms with van der Waals surface area (Å²) in [5.74, 6) is -0.00665. The molecule has 1 aliphatic rings. The van der Waals surface area contributed by atoms with Gasteiger partial charge in [0.2, 0.25) is 5.91 Å². The maximum atomic E-state index is 13.2. The molecule has 11 heteroatoms. The third-order valence-corrected chi connectivity index (χ3v) is 6.21. The second kappa shape index (κ2) is 9.75. The Kier molecular flexibility index (Phi) is 6.37. The molecule has 1 aliphatic carbocycles. The predicted molar refractivity (Wildman–Crippen MR) is 131 cm³/mol. The van der Waals surface area contributed by atoms with Crippen LogP contribution in [0.15, 0.2) is 49.1 Å². The van der Waals surface area contributed by atoms with Crippen molar-refractivity contribution in [3.63, 3.8) is 0 Å². The molecule has 3 aromatic heterocycles. The van der Waals surface area contributed by atoms with Crippen LogP contribution in [0.3, 0.4) is 0 Å². The van der Waals surface area contributed by atoms with Gasteiger partial charge in [0.25, 0.3) is 5.91 Å². The van der Waals surface area contributed by atoms with E-state index in [-0.39, 0.29) is 18.5 Å². The number of methoxy groups -OCH3 is 1. The lowest BCUT2D eigenvalue weighted by atomic mass is 10.1. The quantitative estimate of drug-likeness (QED) is 0.406. The molecule has 10 nitrogen and oxygen atoms in total. The summed E-state index contributed by atoms with van der Waals surface area (Å²) < 4.78 is 8.52. The highest BCUT2D eigenvalue weighted by Crippen LogP contribution is 2.36. The van der Waals surface area contributed by atoms with Crippen molar-refractivity contribution in [2.24, 2.45) is 0 Å². The summed E-state index contributed by atoms with van der Waals surface area (Å²) in [5, 5.41) is 15.2. The fourth-order valence-corrected chi connectivity index (χ4v) is 4.50. The molecule has 0 aliphatic heterocycles. The molecular weight excluding hydrogens is 470 g/mol. The number of anilines is 1. The molecule has 0 bridgehead atoms. The number of ether oxygens (including phenoxy) is 1. The highest BCUT2D eigenvalue weighted by molar-refractivity contribution is 6.31. The van der Waals surface area contributed by atoms with Gasteiger partial charge >= 0.3 is 0 Å². The molecular formula is C24H24ClN7O3. The SMILES string of the molecule is COc1ccc(Cl)cc1-c1nn(CC(=O)NC2CCCC2)cc1NC(=O)c1cnn2cccnc12. The summed E-state index contributed by atoms with van der Waals surface area (Å²) >= 11 is 6.25. The highest BCUT2D eigenvalue weighted by atomic mass is 35.5. The van der Waals surface area contributed by atoms with Crippen LogP contribution in [0.25, 0.3) is 16.9 Å². The van der Waals surface area contributed by atoms with Gasteiger partial charge in [0.1, 0.15) is 23.6 Å². The zero-order chi connectivity index (χ0) is 24.4. The molecule has 0 spiro atoms. The number of nitrogens with zero attached hydrogens (tertiary/aromatic N) is 5. The molecule has 0 radical (unpaired) electrons. The molecule has 0 atom stereocenters. The summed E-state index contributed by atoms with van der Waals surface area (Å²) in [6, 6.07) is 7.07. The third-order valence-electron chi connectivity index (χ3n) is 5.98. The topological polar surface area (TPSA) is 115 Å². The molecule has 2 amide bonds. The van der Waals surface area contributed by atoms with E-state index in [1.807, 2.05) is 0 Å². The normalized spacial score (nSPS) is 13.8. The first-order valence-electron chi connectivity index (χ1n) is 11.3. The number of benzene rings is 1. The third kappa shape index (κ3) is 4.83. The average molecular weight is 494 g/mol. The van der Waals surface area contributed by atoms with Crippen molar-refractivity contribution in [3.05, 3.63) is 59.6 Å². The number of aromatic nitrogens is 5. The first-order valence-corrected chi connectivity index (χ1v) is 11.7. The molecule has 1 saturated carbocycles. The Labute approximate surface area is 206 Å². The van der Waals surface area contributed by atoms with Crippen molar-refractivity contribution < 1.29 is 14.3 Å². The van der Waals surface area contributed by atoms with Gasteiger partial charge in [-0.25, -0.2) is 9.50 Å². The van der Waals surface area contributed by atoms with Crippen molar-refractivity contribution in [1.29, 1.82) is 0 Å². The Bertz CT molecular complexity index is 1390. The minimum absolute atomic E-state index is 0.0144. The molecule has 4 aromatic rings. The smallest absolute Gasteiger partial charge is 0.261 e. The van der Waals surface area contributed by atoms with Gasteiger partial charge in [-0.05, 0) is 37.1 Å². The summed E-state index contributed by atoms with van der Waals surface area (Å²) in [6.07, 6.45) is 10.6. The standard InChI is InChI=1S/C24H24ClN7O3/c1-35-20-8-7-15(25)11-17(20)22-19(13-31(30-22)14-21(33)28-16-5-2-3-6-16)29-24(34)18-12-27-32-10-4-9-26-23(18)32/h4,7-13,16H,2-3,5-6,14H2,1H3,(H,28,33)(H,29,34). The van der Waals surface area contributed by atoms with Crippen LogP contribution in [0.1, 0.15) is 36.0 Å². The lowest BCUT2D eigenvalue weighted by molar-refractivity contribution is -0.122. The van der Waals surface area contributed by atoms with Gasteiger partial charge < -0.3 is 15.4 Å². The molecule has 3 heterocycles. The summed E-state index contributed by atoms with van der Waals surface area (Å²) in [7, 11) is 1.54. The van der Waals surface area contributed by atoms with E-state index in [4.69, 9.17) is 16.3 Å². The summed E-state index contributed by atoms with van der Waals surface area (Å²) in [4.78, 5) is 30.1. The first-order chi connectivity index (χ1) is 17.0. The van der Waals surface area contributed by atoms with Crippen molar-refractivity contribution in [2.75, 3.05) is 12.4 Å². The maximum absolute atomic E-state index is 13.2. The fraction of sp³-hybridized carbons (Fsp3) is 0.292. The second-order valence-electron chi connectivity index (χ2n) is 8.38. The van der Waals surface area contributed by atoms with Crippen LogP contribution in [-0.4, -0.2) is 49.3 Å². The Morgan fingerprint density at radius 3 is 2.89 bits per heavy atom. The van der Waals surface area contributed by atoms with Crippen LogP contribution >= 0.6 is 11.6 Å². The van der Waals surface area contributed by atoms with Gasteiger partial charge in [-0.3, -0.25) is 14.3 Å². The van der Waals surface area contributed by atoms with E-state index in [0.717, 1.165) is 25.7 Å². The largest absolute Gasteiger partial charge is 0.496 e. The van der Waals surface area contributed by atoms with E-state index in [1.54, 1.807) is 50.0 Å². The minimum Gasteiger partial charge on any atom is -0.496 e. The lowest BCUT2D eigenvalue weighted by Crippen LogP contribution is -2.35. The van der Waals surface area contributed by atoms with E-state index in [0.29, 0.717) is 38.9 Å². The zero-order valence-electron chi connectivity index (χ0n) is 19.1. The monoisotopic (exact) mass is 493 g/mol. The van der Waals surface area contributed by atoms with Crippen LogP contribution in [0.4, 0.5) is 5.69 Å². The van der Waals surface area contributed by atoms with Crippen LogP contribution < -0.4 is 15.4 Å². The Morgan fingerprint density at radius 2 is 2.09 bits per heavy atom. The van der Waals surface area contributed by atoms with Crippen LogP contribution in [0, 0.1) is 0 Å². The molecule has 2 N–H and O–H groups in total. The van der Waals surface area contributed by atoms with Gasteiger partial charge in [-0.1, -0.05) is 24.4 Å². The number of carbonyl (C=O) groups excluding carboxylic acids is 2. The first kappa shape index (κ1) is 22.9. The van der Waals surface area contributed by atoms with Gasteiger partial charge in [-0.15, -0.1) is 0 Å². The van der Waals surface area contributed by atoms with Crippen LogP contribution in [-0.2, 0) is 11.3 Å². The Balaban J connectivity index is 1.47. The Morgan fingerprint density at radius 1 is 1.26 bits per heavy atom. The summed E-state index contributed by atoms with van der Waals surface area (Å²) in [5.41, 5.74) is 2.15. The molecule has 0 saturated heterocycles. The number of rotatable bonds is 7. The molecule has 1 fully saturated rings. The van der Waals surface area contributed by atoms with Crippen molar-refractivity contribution in [2.45, 2.75) is 38.3 Å². The molecule has 180 valence electrons. The van der Waals surface area contributed by atoms with Crippen molar-refractivity contribution >= 4 is 34.7 Å². The van der Waals surface area contributed by atoms with E-state index in [9.17, 15) is 9.59 Å². The molecule has 35 heavy (non-hydrogen) atoms. The predicted octanol–water partition coefficient (Wildman–Crippen LogP) is 3.57. The average Bonchev–Trinajstić information content (AvgIpc) is 3.59. The van der Waals surface area contributed by atoms with Crippen molar-refractivity contribution in [3.8, 4) is 17.0 Å². The fourth-order valence-electron chi connectivity index (χ4n) is 4.33. The summed E-state index contributed by atoms with van der Waals surface area (Å²) in [6.45, 7) is 0.0144. The molecule has 1 aromatic carbocycles. The van der Waals surface area contributed by atoms with Gasteiger partial charge in [-0.2, -0.15) is 10.2 Å². The number of nitrogens with one attached hydrogen (secondary N) is 2. The highest BCUT2D eigenvalue weighted by Gasteiger charge is 2.22. The zero-order valence-corrected chi connectivity index (χ0v) is 19.8. The lowest BCUT2D eigenvalue weighted by Gasteiger charge is -2.11. The van der Waals surface area contributed by atoms with E-state index in [1.165, 1.54) is 15.4 Å². The van der Waals surface area contributed by atoms with Gasteiger partial charge in [0, 0.05) is 35.2 Å². The number of carbonyl (C=O) groups is 2. The van der Waals surface area contributed by atoms with Gasteiger partial charge in [0.15, 0.2) is 5.65 Å². The van der Waals surface area contributed by atoms with Crippen molar-refractivity contribution in [1.82, 2.24) is 29.7 Å². The van der Waals surface area contributed by atoms with Crippen LogP contribution in [0.5, 0.6) is 5.75 Å². The molecule has 0 unspecified atom stereocenters. The second-order valence-corrected chi connectivity index (χ2v) is 8.82. The number of halogens is 1. The number of hydrogen-bond acceptors (Lipinski definition) is 6. The number of fused-ring (bicyclic) bond motifs is 1. The number of hydrogen-bond donors (Lipinski definition) is 2. The number of amides is 2. The van der Waals surface area contributed by atoms with Crippen LogP contribution in [0.2, 0.25) is 5.02 Å². The van der Waals surface area contributed by atoms with Gasteiger partial charge in [0.05, 0.1) is 19.0 Å². The van der Waals surface area contributed by atoms with E-state index in [2.05, 4.69) is 25.8 Å². The Hall–Kier alpha value is -3.92. The minimum atomic E-state index is -0.407.